The summed E-state index contributed by atoms with van der Waals surface area (Å²) in [5, 5.41) is -0.222. The number of carbonyl (C=O) groups excluding carboxylic acids is 4. The second kappa shape index (κ2) is 41.3. The molecule has 52 heavy (non-hydrogen) atoms. The highest BCUT2D eigenvalue weighted by atomic mass is 35.5. The predicted molar refractivity (Wildman–Crippen MR) is 225 cm³/mol. The van der Waals surface area contributed by atoms with E-state index in [2.05, 4.69) is 71.6 Å². The number of unbranched alkanes of at least 4 members (excludes halogenated alkanes) is 11. The number of ether oxygens (including phenoxy) is 2. The van der Waals surface area contributed by atoms with Crippen LogP contribution in [-0.4, -0.2) is 37.2 Å². The van der Waals surface area contributed by atoms with Crippen molar-refractivity contribution in [2.24, 2.45) is 17.8 Å². The zero-order chi connectivity index (χ0) is 39.3. The van der Waals surface area contributed by atoms with Crippen molar-refractivity contribution in [1.82, 2.24) is 0 Å². The number of allylic oxidation sites excluding steroid dienone is 6. The van der Waals surface area contributed by atoms with Crippen LogP contribution in [0.4, 0.5) is 0 Å². The summed E-state index contributed by atoms with van der Waals surface area (Å²) in [4.78, 5) is 45.8. The van der Waals surface area contributed by atoms with Crippen LogP contribution < -0.4 is 0 Å². The molecule has 0 aliphatic rings. The monoisotopic (exact) mass is 753 g/mol. The first-order chi connectivity index (χ1) is 24.2. The third-order valence-corrected chi connectivity index (χ3v) is 8.68. The van der Waals surface area contributed by atoms with Crippen molar-refractivity contribution in [3.63, 3.8) is 0 Å². The number of Topliss-reactive ketones (excluding diaryl/α,β-unsaturated/α-hetero) is 1. The summed E-state index contributed by atoms with van der Waals surface area (Å²) in [5.74, 6) is -0.281. The maximum absolute atomic E-state index is 12.5. The Morgan fingerprint density at radius 2 is 1.02 bits per heavy atom. The Morgan fingerprint density at radius 3 is 1.42 bits per heavy atom. The van der Waals surface area contributed by atoms with Crippen LogP contribution in [0.15, 0.2) is 48.6 Å². The van der Waals surface area contributed by atoms with E-state index in [9.17, 15) is 19.2 Å². The van der Waals surface area contributed by atoms with Gasteiger partial charge in [-0.25, -0.2) is 0 Å². The lowest BCUT2D eigenvalue weighted by molar-refractivity contribution is -0.150. The van der Waals surface area contributed by atoms with Gasteiger partial charge in [0, 0.05) is 19.3 Å². The van der Waals surface area contributed by atoms with Gasteiger partial charge in [-0.1, -0.05) is 108 Å². The SMILES string of the molecule is C.C=CCCCCCCCC(C(=O)C[C@H](C)CCC=C(C)C)C(=O)OC.C=CCCCCCCCCC(=O)OC.CC(C)=CCC[C@@H](C)CC(=O)Cl. The molecule has 0 aliphatic carbocycles. The zero-order valence-corrected chi connectivity index (χ0v) is 34.9. The molecule has 0 saturated carbocycles. The molecule has 304 valence electrons. The minimum atomic E-state index is -0.580. The van der Waals surface area contributed by atoms with Gasteiger partial charge >= 0.3 is 11.9 Å². The molecule has 0 amide bonds. The van der Waals surface area contributed by atoms with Gasteiger partial charge in [0.05, 0.1) is 14.2 Å². The number of hydrogen-bond acceptors (Lipinski definition) is 6. The third-order valence-electron chi connectivity index (χ3n) is 8.52. The van der Waals surface area contributed by atoms with Crippen LogP contribution in [0.2, 0.25) is 0 Å². The summed E-state index contributed by atoms with van der Waals surface area (Å²) in [6.07, 6.45) is 29.3. The minimum absolute atomic E-state index is 0. The number of halogens is 1. The van der Waals surface area contributed by atoms with Gasteiger partial charge in [-0.05, 0) is 115 Å². The van der Waals surface area contributed by atoms with Crippen molar-refractivity contribution in [3.8, 4) is 0 Å². The van der Waals surface area contributed by atoms with Crippen molar-refractivity contribution < 1.29 is 28.7 Å². The molecule has 0 aromatic heterocycles. The van der Waals surface area contributed by atoms with Gasteiger partial charge in [0.25, 0.3) is 0 Å². The molecule has 6 nitrogen and oxygen atoms in total. The first-order valence-electron chi connectivity index (χ1n) is 19.6. The molecule has 7 heteroatoms. The molecule has 1 unspecified atom stereocenters. The molecule has 0 radical (unpaired) electrons. The van der Waals surface area contributed by atoms with Gasteiger partial charge in [-0.3, -0.25) is 19.2 Å². The Bertz CT molecular complexity index is 974. The van der Waals surface area contributed by atoms with Crippen LogP contribution in [0.3, 0.4) is 0 Å². The molecule has 0 fully saturated rings. The van der Waals surface area contributed by atoms with Crippen LogP contribution in [-0.2, 0) is 28.7 Å². The van der Waals surface area contributed by atoms with E-state index in [4.69, 9.17) is 16.3 Å². The quantitative estimate of drug-likeness (QED) is 0.0248. The van der Waals surface area contributed by atoms with Crippen molar-refractivity contribution in [1.29, 1.82) is 0 Å². The van der Waals surface area contributed by atoms with E-state index >= 15 is 0 Å². The average molecular weight is 754 g/mol. The van der Waals surface area contributed by atoms with Crippen molar-refractivity contribution in [2.45, 2.75) is 184 Å². The summed E-state index contributed by atoms with van der Waals surface area (Å²) < 4.78 is 9.42. The second-order valence-electron chi connectivity index (χ2n) is 14.4. The smallest absolute Gasteiger partial charge is 0.316 e. The lowest BCUT2D eigenvalue weighted by Gasteiger charge is -2.16. The van der Waals surface area contributed by atoms with E-state index in [-0.39, 0.29) is 30.4 Å². The summed E-state index contributed by atoms with van der Waals surface area (Å²) >= 11 is 5.26. The molecule has 0 aliphatic heterocycles. The number of carbonyl (C=O) groups is 4. The minimum Gasteiger partial charge on any atom is -0.469 e. The molecule has 0 N–H and O–H groups in total. The van der Waals surface area contributed by atoms with Crippen LogP contribution in [0.5, 0.6) is 0 Å². The first kappa shape index (κ1) is 56.3. The molecular formula is C45H81ClO6. The van der Waals surface area contributed by atoms with Gasteiger partial charge in [0.2, 0.25) is 5.24 Å². The molecule has 0 aromatic carbocycles. The summed E-state index contributed by atoms with van der Waals surface area (Å²) in [6.45, 7) is 19.9. The summed E-state index contributed by atoms with van der Waals surface area (Å²) in [7, 11) is 2.81. The maximum atomic E-state index is 12.5. The number of hydrogen-bond donors (Lipinski definition) is 0. The van der Waals surface area contributed by atoms with Gasteiger partial charge in [0.15, 0.2) is 0 Å². The highest BCUT2D eigenvalue weighted by Gasteiger charge is 2.27. The Labute approximate surface area is 326 Å². The average Bonchev–Trinajstić information content (AvgIpc) is 3.06. The molecule has 0 saturated heterocycles. The van der Waals surface area contributed by atoms with Crippen LogP contribution >= 0.6 is 11.6 Å². The fourth-order valence-corrected chi connectivity index (χ4v) is 5.63. The van der Waals surface area contributed by atoms with Crippen LogP contribution in [0.1, 0.15) is 184 Å². The maximum Gasteiger partial charge on any atom is 0.316 e. The molecule has 0 rings (SSSR count). The number of esters is 2. The Morgan fingerprint density at radius 1 is 0.596 bits per heavy atom. The molecule has 0 aromatic rings. The first-order valence-corrected chi connectivity index (χ1v) is 20.0. The van der Waals surface area contributed by atoms with E-state index in [1.54, 1.807) is 0 Å². The van der Waals surface area contributed by atoms with Crippen LogP contribution in [0.25, 0.3) is 0 Å². The normalized spacial score (nSPS) is 11.7. The standard InChI is InChI=1S/C22H38O3.C12H22O2.C10H17ClO.CH4/c1-6-7-8-9-10-11-12-16-20(22(24)25-5)21(23)17-19(4)15-13-14-18(2)3;1-3-4-5-6-7-8-9-10-11-12(13)14-2;1-8(2)5-4-6-9(3)7-10(11)12;/h6,14,19-20H,1,7-13,15-17H2,2-5H3;3H,1,4-11H2,2H3;5,9H,4,6-7H2,1-3H3;1H4/t19-,20?;;9-;/m1.1./s1. The second-order valence-corrected chi connectivity index (χ2v) is 14.8. The number of methoxy groups -OCH3 is 2. The molecule has 0 heterocycles. The van der Waals surface area contributed by atoms with Crippen molar-refractivity contribution >= 4 is 34.6 Å². The lowest BCUT2D eigenvalue weighted by Crippen LogP contribution is -2.26. The van der Waals surface area contributed by atoms with E-state index in [1.807, 2.05) is 12.2 Å². The van der Waals surface area contributed by atoms with Crippen molar-refractivity contribution in [2.75, 3.05) is 14.2 Å². The third kappa shape index (κ3) is 43.7. The Hall–Kier alpha value is -2.47. The highest BCUT2D eigenvalue weighted by molar-refractivity contribution is 6.63. The van der Waals surface area contributed by atoms with Gasteiger partial charge in [-0.2, -0.15) is 0 Å². The van der Waals surface area contributed by atoms with Gasteiger partial charge in [-0.15, -0.1) is 13.2 Å². The largest absolute Gasteiger partial charge is 0.469 e. The van der Waals surface area contributed by atoms with Crippen LogP contribution in [0, 0.1) is 17.8 Å². The molecular weight excluding hydrogens is 672 g/mol. The number of rotatable bonds is 29. The molecule has 0 spiro atoms. The lowest BCUT2D eigenvalue weighted by atomic mass is 9.89. The highest BCUT2D eigenvalue weighted by Crippen LogP contribution is 2.21. The Kier molecular flexibility index (Phi) is 44.7. The predicted octanol–water partition coefficient (Wildman–Crippen LogP) is 13.7. The summed E-state index contributed by atoms with van der Waals surface area (Å²) in [5.41, 5.74) is 2.64. The fraction of sp³-hybridized carbons (Fsp3) is 0.733. The van der Waals surface area contributed by atoms with Gasteiger partial charge < -0.3 is 9.47 Å². The topological polar surface area (TPSA) is 86.7 Å². The van der Waals surface area contributed by atoms with E-state index < -0.39 is 5.92 Å². The van der Waals surface area contributed by atoms with E-state index in [0.717, 1.165) is 70.6 Å². The summed E-state index contributed by atoms with van der Waals surface area (Å²) in [6, 6.07) is 0. The van der Waals surface area contributed by atoms with E-state index in [0.29, 0.717) is 37.5 Å². The number of ketones is 1. The fourth-order valence-electron chi connectivity index (χ4n) is 5.36. The zero-order valence-electron chi connectivity index (χ0n) is 34.1. The molecule has 0 bridgehead atoms. The Balaban J connectivity index is -0.000000361. The molecule has 3 atom stereocenters. The van der Waals surface area contributed by atoms with Crippen molar-refractivity contribution in [3.05, 3.63) is 48.6 Å². The van der Waals surface area contributed by atoms with E-state index in [1.165, 1.54) is 63.9 Å². The van der Waals surface area contributed by atoms with Gasteiger partial charge in [0.1, 0.15) is 11.7 Å².